The lowest BCUT2D eigenvalue weighted by molar-refractivity contribution is 0.0938. The lowest BCUT2D eigenvalue weighted by atomic mass is 10.1. The van der Waals surface area contributed by atoms with Gasteiger partial charge in [0, 0.05) is 44.3 Å². The van der Waals surface area contributed by atoms with Crippen molar-refractivity contribution < 1.29 is 13.2 Å². The van der Waals surface area contributed by atoms with Gasteiger partial charge in [0.05, 0.1) is 4.90 Å². The smallest absolute Gasteiger partial charge is 0.251 e. The second-order valence-corrected chi connectivity index (χ2v) is 10.1. The highest BCUT2D eigenvalue weighted by molar-refractivity contribution is 7.89. The van der Waals surface area contributed by atoms with Crippen molar-refractivity contribution >= 4 is 15.9 Å². The monoisotopic (exact) mass is 427 g/mol. The largest absolute Gasteiger partial charge is 0.349 e. The number of nitrogens with one attached hydrogen (secondary N) is 1. The van der Waals surface area contributed by atoms with E-state index in [1.807, 2.05) is 30.3 Å². The molecule has 1 heterocycles. The summed E-state index contributed by atoms with van der Waals surface area (Å²) in [5.41, 5.74) is 1.83. The zero-order valence-corrected chi connectivity index (χ0v) is 18.0. The molecule has 7 heteroatoms. The summed E-state index contributed by atoms with van der Waals surface area (Å²) in [6.45, 7) is 3.11. The first-order valence-corrected chi connectivity index (χ1v) is 12.1. The van der Waals surface area contributed by atoms with Crippen LogP contribution in [0.2, 0.25) is 0 Å². The fourth-order valence-electron chi connectivity index (χ4n) is 4.23. The van der Waals surface area contributed by atoms with E-state index >= 15 is 0 Å². The zero-order valence-electron chi connectivity index (χ0n) is 17.2. The summed E-state index contributed by atoms with van der Waals surface area (Å²) in [7, 11) is -3.42. The third-order valence-corrected chi connectivity index (χ3v) is 7.94. The molecule has 1 amide bonds. The van der Waals surface area contributed by atoms with Crippen LogP contribution in [0.15, 0.2) is 59.5 Å². The molecule has 2 aliphatic rings. The van der Waals surface area contributed by atoms with Gasteiger partial charge in [-0.1, -0.05) is 43.2 Å². The van der Waals surface area contributed by atoms with Crippen LogP contribution in [-0.2, 0) is 16.6 Å². The lowest BCUT2D eigenvalue weighted by Gasteiger charge is -2.34. The zero-order chi connectivity index (χ0) is 21.0. The number of carbonyl (C=O) groups excluding carboxylic acids is 1. The van der Waals surface area contributed by atoms with Gasteiger partial charge in [0.2, 0.25) is 10.0 Å². The van der Waals surface area contributed by atoms with Crippen LogP contribution in [0.5, 0.6) is 0 Å². The van der Waals surface area contributed by atoms with Crippen LogP contribution in [0.1, 0.15) is 41.6 Å². The highest BCUT2D eigenvalue weighted by Crippen LogP contribution is 2.20. The van der Waals surface area contributed by atoms with E-state index in [0.29, 0.717) is 42.7 Å². The van der Waals surface area contributed by atoms with Crippen molar-refractivity contribution in [2.45, 2.75) is 43.2 Å². The van der Waals surface area contributed by atoms with Gasteiger partial charge >= 0.3 is 0 Å². The average molecular weight is 428 g/mol. The standard InChI is InChI=1S/C23H29N3O3S/c27-23(24-21-6-4-5-7-21)20-12-10-19(11-13-20)18-25-14-16-26(17-15-25)30(28,29)22-8-2-1-3-9-22/h1-3,8-13,21H,4-7,14-18H2,(H,24,27). The molecule has 0 radical (unpaired) electrons. The number of carbonyl (C=O) groups is 1. The molecule has 4 rings (SSSR count). The molecule has 1 saturated carbocycles. The minimum Gasteiger partial charge on any atom is -0.349 e. The van der Waals surface area contributed by atoms with Gasteiger partial charge in [-0.05, 0) is 42.7 Å². The third-order valence-electron chi connectivity index (χ3n) is 6.02. The van der Waals surface area contributed by atoms with Crippen molar-refractivity contribution in [1.29, 1.82) is 0 Å². The second kappa shape index (κ2) is 9.29. The van der Waals surface area contributed by atoms with E-state index < -0.39 is 10.0 Å². The maximum atomic E-state index is 12.7. The molecule has 2 fully saturated rings. The molecule has 1 N–H and O–H groups in total. The van der Waals surface area contributed by atoms with E-state index in [0.717, 1.165) is 24.9 Å². The number of benzene rings is 2. The summed E-state index contributed by atoms with van der Waals surface area (Å²) < 4.78 is 27.1. The van der Waals surface area contributed by atoms with Crippen LogP contribution in [0.3, 0.4) is 0 Å². The molecule has 0 atom stereocenters. The second-order valence-electron chi connectivity index (χ2n) is 8.15. The Kier molecular flexibility index (Phi) is 6.51. The molecule has 160 valence electrons. The van der Waals surface area contributed by atoms with Crippen LogP contribution >= 0.6 is 0 Å². The molecular weight excluding hydrogens is 398 g/mol. The van der Waals surface area contributed by atoms with E-state index in [2.05, 4.69) is 10.2 Å². The number of hydrogen-bond donors (Lipinski definition) is 1. The summed E-state index contributed by atoms with van der Waals surface area (Å²) in [4.78, 5) is 15.0. The molecule has 6 nitrogen and oxygen atoms in total. The Bertz CT molecular complexity index is 947. The topological polar surface area (TPSA) is 69.7 Å². The van der Waals surface area contributed by atoms with Crippen LogP contribution < -0.4 is 5.32 Å². The first kappa shape index (κ1) is 21.0. The molecule has 1 aliphatic heterocycles. The normalized spacial score (nSPS) is 19.1. The molecule has 0 spiro atoms. The predicted molar refractivity (Wildman–Crippen MR) is 117 cm³/mol. The van der Waals surface area contributed by atoms with E-state index in [1.165, 1.54) is 12.8 Å². The van der Waals surface area contributed by atoms with E-state index in [1.54, 1.807) is 28.6 Å². The molecule has 1 aliphatic carbocycles. The average Bonchev–Trinajstić information content (AvgIpc) is 3.28. The maximum Gasteiger partial charge on any atom is 0.251 e. The minimum absolute atomic E-state index is 0.00758. The van der Waals surface area contributed by atoms with Crippen LogP contribution in [0.25, 0.3) is 0 Å². The van der Waals surface area contributed by atoms with Crippen LogP contribution in [-0.4, -0.2) is 55.8 Å². The van der Waals surface area contributed by atoms with Crippen LogP contribution in [0.4, 0.5) is 0 Å². The highest BCUT2D eigenvalue weighted by atomic mass is 32.2. The molecule has 1 saturated heterocycles. The SMILES string of the molecule is O=C(NC1CCCC1)c1ccc(CN2CCN(S(=O)(=O)c3ccccc3)CC2)cc1. The van der Waals surface area contributed by atoms with Crippen molar-refractivity contribution in [1.82, 2.24) is 14.5 Å². The number of hydrogen-bond acceptors (Lipinski definition) is 4. The van der Waals surface area contributed by atoms with Gasteiger partial charge in [-0.25, -0.2) is 8.42 Å². The molecule has 0 aromatic heterocycles. The Labute approximate surface area is 178 Å². The van der Waals surface area contributed by atoms with Gasteiger partial charge in [-0.3, -0.25) is 9.69 Å². The Balaban J connectivity index is 1.29. The summed E-state index contributed by atoms with van der Waals surface area (Å²) in [5, 5.41) is 3.12. The van der Waals surface area contributed by atoms with E-state index in [4.69, 9.17) is 0 Å². The van der Waals surface area contributed by atoms with Gasteiger partial charge in [0.25, 0.3) is 5.91 Å². The summed E-state index contributed by atoms with van der Waals surface area (Å²) in [5.74, 6) is 0.00758. The first-order valence-electron chi connectivity index (χ1n) is 10.7. The lowest BCUT2D eigenvalue weighted by Crippen LogP contribution is -2.48. The highest BCUT2D eigenvalue weighted by Gasteiger charge is 2.28. The third kappa shape index (κ3) is 4.91. The van der Waals surface area contributed by atoms with Crippen molar-refractivity contribution in [3.05, 3.63) is 65.7 Å². The number of nitrogens with zero attached hydrogens (tertiary/aromatic N) is 2. The van der Waals surface area contributed by atoms with Crippen molar-refractivity contribution in [3.63, 3.8) is 0 Å². The number of amides is 1. The quantitative estimate of drug-likeness (QED) is 0.770. The fraction of sp³-hybridized carbons (Fsp3) is 0.435. The number of rotatable bonds is 6. The maximum absolute atomic E-state index is 12.7. The number of piperazine rings is 1. The summed E-state index contributed by atoms with van der Waals surface area (Å²) in [6, 6.07) is 16.7. The van der Waals surface area contributed by atoms with Gasteiger partial charge in [0.15, 0.2) is 0 Å². The molecule has 2 aromatic rings. The Morgan fingerprint density at radius 2 is 1.53 bits per heavy atom. The summed E-state index contributed by atoms with van der Waals surface area (Å²) in [6.07, 6.45) is 4.55. The molecule has 0 bridgehead atoms. The van der Waals surface area contributed by atoms with Gasteiger partial charge in [-0.15, -0.1) is 0 Å². The molecule has 30 heavy (non-hydrogen) atoms. The minimum atomic E-state index is -3.42. The van der Waals surface area contributed by atoms with Crippen LogP contribution in [0, 0.1) is 0 Å². The molecule has 0 unspecified atom stereocenters. The van der Waals surface area contributed by atoms with Gasteiger partial charge < -0.3 is 5.32 Å². The molecule has 2 aromatic carbocycles. The first-order chi connectivity index (χ1) is 14.5. The molecular formula is C23H29N3O3S. The Morgan fingerprint density at radius 1 is 0.900 bits per heavy atom. The Hall–Kier alpha value is -2.22. The predicted octanol–water partition coefficient (Wildman–Crippen LogP) is 2.87. The Morgan fingerprint density at radius 3 is 2.17 bits per heavy atom. The summed E-state index contributed by atoms with van der Waals surface area (Å²) >= 11 is 0. The van der Waals surface area contributed by atoms with Gasteiger partial charge in [0.1, 0.15) is 0 Å². The van der Waals surface area contributed by atoms with Crippen molar-refractivity contribution in [2.24, 2.45) is 0 Å². The van der Waals surface area contributed by atoms with Crippen molar-refractivity contribution in [3.8, 4) is 0 Å². The van der Waals surface area contributed by atoms with Crippen molar-refractivity contribution in [2.75, 3.05) is 26.2 Å². The fourth-order valence-corrected chi connectivity index (χ4v) is 5.67. The van der Waals surface area contributed by atoms with E-state index in [9.17, 15) is 13.2 Å². The van der Waals surface area contributed by atoms with Gasteiger partial charge in [-0.2, -0.15) is 4.31 Å². The number of sulfonamides is 1. The van der Waals surface area contributed by atoms with E-state index in [-0.39, 0.29) is 5.91 Å².